The average molecular weight is 406 g/mol. The summed E-state index contributed by atoms with van der Waals surface area (Å²) in [5.41, 5.74) is 7.71. The number of hydrogen-bond acceptors (Lipinski definition) is 5. The van der Waals surface area contributed by atoms with E-state index in [0.717, 1.165) is 19.5 Å². The van der Waals surface area contributed by atoms with E-state index in [1.807, 2.05) is 25.1 Å². The van der Waals surface area contributed by atoms with Crippen molar-refractivity contribution in [2.45, 2.75) is 26.0 Å². The van der Waals surface area contributed by atoms with E-state index in [1.54, 1.807) is 6.07 Å². The molecular formula is C21H28ClN3O3. The van der Waals surface area contributed by atoms with Crippen molar-refractivity contribution in [1.29, 1.82) is 0 Å². The molecule has 0 bridgehead atoms. The van der Waals surface area contributed by atoms with Crippen LogP contribution in [0.1, 0.15) is 29.3 Å². The number of carbonyl (C=O) groups is 1. The van der Waals surface area contributed by atoms with E-state index in [2.05, 4.69) is 22.8 Å². The van der Waals surface area contributed by atoms with Crippen LogP contribution in [0.2, 0.25) is 5.02 Å². The second kappa shape index (κ2) is 11.5. The molecule has 0 saturated carbocycles. The molecule has 0 saturated heterocycles. The molecule has 0 radical (unpaired) electrons. The van der Waals surface area contributed by atoms with Crippen LogP contribution in [0.15, 0.2) is 42.5 Å². The second-order valence-electron chi connectivity index (χ2n) is 6.35. The number of carbonyl (C=O) groups excluding carboxylic acids is 1. The topological polar surface area (TPSA) is 85.6 Å². The van der Waals surface area contributed by atoms with Gasteiger partial charge in [0.05, 0.1) is 36.1 Å². The van der Waals surface area contributed by atoms with Gasteiger partial charge in [0, 0.05) is 25.7 Å². The van der Waals surface area contributed by atoms with Crippen molar-refractivity contribution >= 4 is 23.2 Å². The molecule has 6 nitrogen and oxygen atoms in total. The van der Waals surface area contributed by atoms with Crippen LogP contribution in [-0.2, 0) is 11.3 Å². The summed E-state index contributed by atoms with van der Waals surface area (Å²) >= 11 is 6.03. The lowest BCUT2D eigenvalue weighted by molar-refractivity contribution is 0.0502. The molecule has 1 amide bonds. The maximum absolute atomic E-state index is 12.5. The molecule has 28 heavy (non-hydrogen) atoms. The van der Waals surface area contributed by atoms with Gasteiger partial charge >= 0.3 is 0 Å². The van der Waals surface area contributed by atoms with Crippen molar-refractivity contribution in [3.05, 3.63) is 58.6 Å². The first kappa shape index (κ1) is 22.0. The van der Waals surface area contributed by atoms with Gasteiger partial charge in [0.25, 0.3) is 5.91 Å². The maximum Gasteiger partial charge on any atom is 0.255 e. The third-order valence-electron chi connectivity index (χ3n) is 4.31. The molecule has 0 spiro atoms. The normalized spacial score (nSPS) is 11.8. The molecule has 7 heteroatoms. The Morgan fingerprint density at radius 3 is 2.68 bits per heavy atom. The van der Waals surface area contributed by atoms with Gasteiger partial charge in [0.1, 0.15) is 5.75 Å². The SMILES string of the molecule is CCC(CNC(=O)c1cc(Cl)c(N)cc1OC)OCCNCc1ccccc1. The van der Waals surface area contributed by atoms with Gasteiger partial charge < -0.3 is 25.8 Å². The summed E-state index contributed by atoms with van der Waals surface area (Å²) in [7, 11) is 1.49. The minimum atomic E-state index is -0.275. The molecule has 152 valence electrons. The number of anilines is 1. The Labute approximate surface area is 171 Å². The van der Waals surface area contributed by atoms with E-state index in [4.69, 9.17) is 26.8 Å². The van der Waals surface area contributed by atoms with Gasteiger partial charge in [-0.3, -0.25) is 4.79 Å². The highest BCUT2D eigenvalue weighted by Crippen LogP contribution is 2.28. The van der Waals surface area contributed by atoms with Crippen molar-refractivity contribution in [2.24, 2.45) is 0 Å². The number of ether oxygens (including phenoxy) is 2. The van der Waals surface area contributed by atoms with Crippen LogP contribution < -0.4 is 21.1 Å². The summed E-state index contributed by atoms with van der Waals surface area (Å²) in [5.74, 6) is 0.112. The highest BCUT2D eigenvalue weighted by atomic mass is 35.5. The number of nitrogens with one attached hydrogen (secondary N) is 2. The van der Waals surface area contributed by atoms with E-state index >= 15 is 0 Å². The van der Waals surface area contributed by atoms with Gasteiger partial charge in [0.2, 0.25) is 0 Å². The first-order chi connectivity index (χ1) is 13.5. The van der Waals surface area contributed by atoms with Gasteiger partial charge in [-0.2, -0.15) is 0 Å². The lowest BCUT2D eigenvalue weighted by Gasteiger charge is -2.18. The molecule has 0 heterocycles. The lowest BCUT2D eigenvalue weighted by atomic mass is 10.1. The zero-order valence-electron chi connectivity index (χ0n) is 16.3. The van der Waals surface area contributed by atoms with Crippen molar-refractivity contribution in [3.8, 4) is 5.75 Å². The fourth-order valence-electron chi connectivity index (χ4n) is 2.66. The van der Waals surface area contributed by atoms with Crippen molar-refractivity contribution in [2.75, 3.05) is 32.5 Å². The van der Waals surface area contributed by atoms with Crippen molar-refractivity contribution in [3.63, 3.8) is 0 Å². The minimum absolute atomic E-state index is 0.0716. The molecule has 1 atom stereocenters. The molecule has 0 aliphatic heterocycles. The Morgan fingerprint density at radius 1 is 1.25 bits per heavy atom. The number of rotatable bonds is 11. The van der Waals surface area contributed by atoms with Crippen LogP contribution >= 0.6 is 11.6 Å². The zero-order valence-corrected chi connectivity index (χ0v) is 17.1. The van der Waals surface area contributed by atoms with Crippen molar-refractivity contribution < 1.29 is 14.3 Å². The van der Waals surface area contributed by atoms with Crippen LogP contribution in [0.5, 0.6) is 5.75 Å². The molecule has 0 aliphatic carbocycles. The van der Waals surface area contributed by atoms with E-state index in [1.165, 1.54) is 18.7 Å². The highest BCUT2D eigenvalue weighted by Gasteiger charge is 2.16. The summed E-state index contributed by atoms with van der Waals surface area (Å²) < 4.78 is 11.1. The van der Waals surface area contributed by atoms with Gasteiger partial charge in [-0.05, 0) is 18.1 Å². The van der Waals surface area contributed by atoms with Crippen molar-refractivity contribution in [1.82, 2.24) is 10.6 Å². The predicted molar refractivity (Wildman–Crippen MR) is 113 cm³/mol. The smallest absolute Gasteiger partial charge is 0.255 e. The third-order valence-corrected chi connectivity index (χ3v) is 4.64. The largest absolute Gasteiger partial charge is 0.496 e. The molecule has 2 aromatic rings. The van der Waals surface area contributed by atoms with Gasteiger partial charge in [-0.15, -0.1) is 0 Å². The fourth-order valence-corrected chi connectivity index (χ4v) is 2.83. The number of halogens is 1. The number of hydrogen-bond donors (Lipinski definition) is 3. The van der Waals surface area contributed by atoms with Gasteiger partial charge in [-0.1, -0.05) is 48.9 Å². The van der Waals surface area contributed by atoms with E-state index in [0.29, 0.717) is 35.2 Å². The summed E-state index contributed by atoms with van der Waals surface area (Å²) in [5, 5.41) is 6.54. The molecule has 0 aromatic heterocycles. The number of nitrogen functional groups attached to an aromatic ring is 1. The first-order valence-corrected chi connectivity index (χ1v) is 9.70. The minimum Gasteiger partial charge on any atom is -0.496 e. The van der Waals surface area contributed by atoms with E-state index in [-0.39, 0.29) is 12.0 Å². The Hall–Kier alpha value is -2.28. The van der Waals surface area contributed by atoms with Gasteiger partial charge in [-0.25, -0.2) is 0 Å². The number of benzene rings is 2. The highest BCUT2D eigenvalue weighted by molar-refractivity contribution is 6.33. The third kappa shape index (κ3) is 6.71. The monoisotopic (exact) mass is 405 g/mol. The Balaban J connectivity index is 1.75. The molecule has 4 N–H and O–H groups in total. The Kier molecular flexibility index (Phi) is 9.07. The number of amides is 1. The average Bonchev–Trinajstić information content (AvgIpc) is 2.72. The van der Waals surface area contributed by atoms with Crippen LogP contribution in [0.3, 0.4) is 0 Å². The number of methoxy groups -OCH3 is 1. The number of nitrogens with two attached hydrogens (primary N) is 1. The van der Waals surface area contributed by atoms with Crippen LogP contribution in [0.25, 0.3) is 0 Å². The van der Waals surface area contributed by atoms with E-state index in [9.17, 15) is 4.79 Å². The van der Waals surface area contributed by atoms with Crippen LogP contribution in [0.4, 0.5) is 5.69 Å². The maximum atomic E-state index is 12.5. The Morgan fingerprint density at radius 2 is 2.00 bits per heavy atom. The Bertz CT molecular complexity index is 756. The second-order valence-corrected chi connectivity index (χ2v) is 6.75. The molecular weight excluding hydrogens is 378 g/mol. The van der Waals surface area contributed by atoms with Crippen LogP contribution in [0, 0.1) is 0 Å². The van der Waals surface area contributed by atoms with Gasteiger partial charge in [0.15, 0.2) is 0 Å². The van der Waals surface area contributed by atoms with Crippen LogP contribution in [-0.4, -0.2) is 38.8 Å². The molecule has 0 aliphatic rings. The molecule has 2 aromatic carbocycles. The summed E-state index contributed by atoms with van der Waals surface area (Å²) in [6, 6.07) is 13.3. The molecule has 0 fully saturated rings. The zero-order chi connectivity index (χ0) is 20.4. The molecule has 2 rings (SSSR count). The summed E-state index contributed by atoms with van der Waals surface area (Å²) in [4.78, 5) is 12.5. The summed E-state index contributed by atoms with van der Waals surface area (Å²) in [6.45, 7) is 4.53. The first-order valence-electron chi connectivity index (χ1n) is 9.32. The standard InChI is InChI=1S/C21H28ClN3O3/c1-3-16(28-10-9-24-13-15-7-5-4-6-8-15)14-25-21(26)17-11-18(22)19(23)12-20(17)27-2/h4-8,11-12,16,24H,3,9-10,13-14,23H2,1-2H3,(H,25,26). The lowest BCUT2D eigenvalue weighted by Crippen LogP contribution is -2.35. The molecule has 1 unspecified atom stereocenters. The fraction of sp³-hybridized carbons (Fsp3) is 0.381. The quantitative estimate of drug-likeness (QED) is 0.394. The predicted octanol–water partition coefficient (Wildman–Crippen LogP) is 3.25. The van der Waals surface area contributed by atoms with E-state index < -0.39 is 0 Å². The summed E-state index contributed by atoms with van der Waals surface area (Å²) in [6.07, 6.45) is 0.719.